The van der Waals surface area contributed by atoms with E-state index in [1.54, 1.807) is 29.5 Å². The summed E-state index contributed by atoms with van der Waals surface area (Å²) in [6.45, 7) is 6.76. The van der Waals surface area contributed by atoms with Gasteiger partial charge < -0.3 is 14.8 Å². The topological polar surface area (TPSA) is 67.9 Å². The predicted molar refractivity (Wildman–Crippen MR) is 101 cm³/mol. The fraction of sp³-hybridized carbons (Fsp3) is 0.263. The minimum atomic E-state index is -0.204. The lowest BCUT2D eigenvalue weighted by Crippen LogP contribution is -2.33. The Morgan fingerprint density at radius 1 is 1.35 bits per heavy atom. The lowest BCUT2D eigenvalue weighted by atomic mass is 10.1. The summed E-state index contributed by atoms with van der Waals surface area (Å²) in [5, 5.41) is 4.83. The quantitative estimate of drug-likeness (QED) is 0.569. The Hall–Kier alpha value is -2.64. The second-order valence-corrected chi connectivity index (χ2v) is 6.93. The Morgan fingerprint density at radius 3 is 2.77 bits per heavy atom. The lowest BCUT2D eigenvalue weighted by molar-refractivity contribution is -0.117. The molecule has 0 fully saturated rings. The number of benzene rings is 1. The Bertz CT molecular complexity index is 817. The van der Waals surface area contributed by atoms with Crippen LogP contribution in [0.3, 0.4) is 0 Å². The number of ketones is 1. The van der Waals surface area contributed by atoms with Crippen LogP contribution in [-0.4, -0.2) is 36.5 Å². The van der Waals surface area contributed by atoms with Crippen molar-refractivity contribution in [3.8, 4) is 11.5 Å². The molecule has 0 aliphatic carbocycles. The molecule has 6 nitrogen and oxygen atoms in total. The number of thiophene rings is 1. The number of fused-ring (bicyclic) bond motifs is 1. The average molecular weight is 372 g/mol. The monoisotopic (exact) mass is 372 g/mol. The average Bonchev–Trinajstić information content (AvgIpc) is 3.25. The van der Waals surface area contributed by atoms with Crippen molar-refractivity contribution in [3.63, 3.8) is 0 Å². The maximum absolute atomic E-state index is 12.5. The molecule has 1 aromatic carbocycles. The number of anilines is 1. The maximum Gasteiger partial charge on any atom is 0.238 e. The molecule has 0 atom stereocenters. The van der Waals surface area contributed by atoms with E-state index in [1.165, 1.54) is 11.8 Å². The van der Waals surface area contributed by atoms with Crippen LogP contribution in [0.15, 0.2) is 42.3 Å². The van der Waals surface area contributed by atoms with Crippen LogP contribution < -0.4 is 14.8 Å². The lowest BCUT2D eigenvalue weighted by Gasteiger charge is -2.20. The van der Waals surface area contributed by atoms with Gasteiger partial charge in [-0.05, 0) is 24.4 Å². The van der Waals surface area contributed by atoms with Gasteiger partial charge in [-0.2, -0.15) is 0 Å². The van der Waals surface area contributed by atoms with Crippen molar-refractivity contribution in [2.75, 3.05) is 25.2 Å². The van der Waals surface area contributed by atoms with E-state index in [1.807, 2.05) is 22.4 Å². The molecule has 1 amide bonds. The first-order chi connectivity index (χ1) is 12.6. The number of amides is 1. The largest absolute Gasteiger partial charge is 0.454 e. The number of hydrogen-bond acceptors (Lipinski definition) is 6. The highest BCUT2D eigenvalue weighted by molar-refractivity contribution is 7.09. The van der Waals surface area contributed by atoms with Crippen LogP contribution in [0.4, 0.5) is 5.69 Å². The zero-order valence-electron chi connectivity index (χ0n) is 14.5. The van der Waals surface area contributed by atoms with Gasteiger partial charge in [-0.15, -0.1) is 17.9 Å². The number of hydrogen-bond donors (Lipinski definition) is 1. The van der Waals surface area contributed by atoms with Crippen LogP contribution in [0.5, 0.6) is 11.5 Å². The van der Waals surface area contributed by atoms with Crippen LogP contribution in [0.2, 0.25) is 0 Å². The molecule has 0 radical (unpaired) electrons. The Kier molecular flexibility index (Phi) is 5.70. The standard InChI is InChI=1S/C19H20N2O4S/c1-3-6-21(10-14-5-4-7-26-14)11-19(23)20-16-9-18-17(24-12-25-18)8-15(16)13(2)22/h3-5,7-9H,1,6,10-12H2,2H3,(H,20,23). The Morgan fingerprint density at radius 2 is 2.12 bits per heavy atom. The van der Waals surface area contributed by atoms with Crippen LogP contribution in [0.1, 0.15) is 22.2 Å². The normalized spacial score (nSPS) is 12.2. The van der Waals surface area contributed by atoms with E-state index < -0.39 is 0 Å². The van der Waals surface area contributed by atoms with Crippen molar-refractivity contribution < 1.29 is 19.1 Å². The third-order valence-corrected chi connectivity index (χ3v) is 4.74. The SMILES string of the molecule is C=CCN(CC(=O)Nc1cc2c(cc1C(C)=O)OCO2)Cc1cccs1. The molecule has 7 heteroatoms. The van der Waals surface area contributed by atoms with Crippen LogP contribution >= 0.6 is 11.3 Å². The predicted octanol–water partition coefficient (Wildman–Crippen LogP) is 3.31. The molecule has 0 unspecified atom stereocenters. The molecule has 1 aromatic heterocycles. The smallest absolute Gasteiger partial charge is 0.238 e. The molecule has 136 valence electrons. The van der Waals surface area contributed by atoms with Gasteiger partial charge in [0, 0.05) is 29.6 Å². The molecule has 0 bridgehead atoms. The molecule has 2 heterocycles. The van der Waals surface area contributed by atoms with Crippen molar-refractivity contribution in [2.45, 2.75) is 13.5 Å². The Labute approximate surface area is 156 Å². The van der Waals surface area contributed by atoms with Crippen molar-refractivity contribution in [3.05, 3.63) is 52.7 Å². The molecule has 1 aliphatic heterocycles. The fourth-order valence-electron chi connectivity index (χ4n) is 2.72. The summed E-state index contributed by atoms with van der Waals surface area (Å²) in [6, 6.07) is 7.25. The summed E-state index contributed by atoms with van der Waals surface area (Å²) < 4.78 is 10.6. The summed E-state index contributed by atoms with van der Waals surface area (Å²) in [4.78, 5) is 27.6. The zero-order valence-corrected chi connectivity index (χ0v) is 15.3. The first-order valence-corrected chi connectivity index (χ1v) is 9.05. The summed E-state index contributed by atoms with van der Waals surface area (Å²) in [7, 11) is 0. The number of carbonyl (C=O) groups is 2. The van der Waals surface area contributed by atoms with Gasteiger partial charge in [0.25, 0.3) is 0 Å². The Balaban J connectivity index is 1.72. The fourth-order valence-corrected chi connectivity index (χ4v) is 3.47. The van der Waals surface area contributed by atoms with Crippen molar-refractivity contribution in [1.82, 2.24) is 4.90 Å². The second kappa shape index (κ2) is 8.16. The van der Waals surface area contributed by atoms with Gasteiger partial charge in [0.15, 0.2) is 17.3 Å². The van der Waals surface area contributed by atoms with E-state index in [0.29, 0.717) is 35.8 Å². The van der Waals surface area contributed by atoms with Gasteiger partial charge in [0.1, 0.15) is 0 Å². The van der Waals surface area contributed by atoms with Crippen molar-refractivity contribution in [2.24, 2.45) is 0 Å². The highest BCUT2D eigenvalue weighted by Crippen LogP contribution is 2.37. The molecule has 1 N–H and O–H groups in total. The third kappa shape index (κ3) is 4.30. The summed E-state index contributed by atoms with van der Waals surface area (Å²) >= 11 is 1.65. The molecular weight excluding hydrogens is 352 g/mol. The number of ether oxygens (including phenoxy) is 2. The van der Waals surface area contributed by atoms with E-state index in [0.717, 1.165) is 0 Å². The third-order valence-electron chi connectivity index (χ3n) is 3.88. The van der Waals surface area contributed by atoms with Gasteiger partial charge in [-0.25, -0.2) is 0 Å². The summed E-state index contributed by atoms with van der Waals surface area (Å²) in [5.41, 5.74) is 0.831. The van der Waals surface area contributed by atoms with Gasteiger partial charge in [-0.3, -0.25) is 14.5 Å². The first-order valence-electron chi connectivity index (χ1n) is 8.17. The molecule has 3 rings (SSSR count). The van der Waals surface area contributed by atoms with Gasteiger partial charge >= 0.3 is 0 Å². The van der Waals surface area contributed by atoms with Crippen molar-refractivity contribution in [1.29, 1.82) is 0 Å². The van der Waals surface area contributed by atoms with Crippen LogP contribution in [0, 0.1) is 0 Å². The van der Waals surface area contributed by atoms with E-state index in [-0.39, 0.29) is 25.0 Å². The minimum absolute atomic E-state index is 0.109. The van der Waals surface area contributed by atoms with Crippen LogP contribution in [0.25, 0.3) is 0 Å². The zero-order chi connectivity index (χ0) is 18.5. The van der Waals surface area contributed by atoms with E-state index in [2.05, 4.69) is 11.9 Å². The number of nitrogens with one attached hydrogen (secondary N) is 1. The highest BCUT2D eigenvalue weighted by Gasteiger charge is 2.21. The number of carbonyl (C=O) groups excluding carboxylic acids is 2. The molecule has 2 aromatic rings. The van der Waals surface area contributed by atoms with E-state index >= 15 is 0 Å². The molecular formula is C19H20N2O4S. The molecule has 1 aliphatic rings. The molecule has 0 saturated carbocycles. The summed E-state index contributed by atoms with van der Waals surface area (Å²) in [6.07, 6.45) is 1.77. The number of nitrogens with zero attached hydrogens (tertiary/aromatic N) is 1. The number of Topliss-reactive ketones (excluding diaryl/α,β-unsaturated/α-hetero) is 1. The first kappa shape index (κ1) is 18.2. The highest BCUT2D eigenvalue weighted by atomic mass is 32.1. The van der Waals surface area contributed by atoms with Gasteiger partial charge in [0.2, 0.25) is 12.7 Å². The molecule has 0 spiro atoms. The maximum atomic E-state index is 12.5. The van der Waals surface area contributed by atoms with E-state index in [9.17, 15) is 9.59 Å². The minimum Gasteiger partial charge on any atom is -0.454 e. The van der Waals surface area contributed by atoms with Crippen LogP contribution in [-0.2, 0) is 11.3 Å². The van der Waals surface area contributed by atoms with Gasteiger partial charge in [-0.1, -0.05) is 12.1 Å². The van der Waals surface area contributed by atoms with E-state index in [4.69, 9.17) is 9.47 Å². The number of rotatable bonds is 8. The molecule has 0 saturated heterocycles. The molecule has 26 heavy (non-hydrogen) atoms. The second-order valence-electron chi connectivity index (χ2n) is 5.89. The van der Waals surface area contributed by atoms with Crippen molar-refractivity contribution >= 4 is 28.7 Å². The van der Waals surface area contributed by atoms with Gasteiger partial charge in [0.05, 0.1) is 12.2 Å². The summed E-state index contributed by atoms with van der Waals surface area (Å²) in [5.74, 6) is 0.677.